The molecular formula is C10H13NO4. The van der Waals surface area contributed by atoms with Gasteiger partial charge in [-0.3, -0.25) is 0 Å². The highest BCUT2D eigenvalue weighted by Gasteiger charge is 2.16. The zero-order chi connectivity index (χ0) is 10.7. The van der Waals surface area contributed by atoms with Gasteiger partial charge in [0.25, 0.3) is 0 Å². The Kier molecular flexibility index (Phi) is 2.94. The minimum Gasteiger partial charge on any atom is -0.507 e. The molecule has 0 saturated heterocycles. The molecule has 0 bridgehead atoms. The summed E-state index contributed by atoms with van der Waals surface area (Å²) in [7, 11) is 0. The second-order valence-electron chi connectivity index (χ2n) is 3.09. The predicted molar refractivity (Wildman–Crippen MR) is 52.7 cm³/mol. The van der Waals surface area contributed by atoms with Gasteiger partial charge in [-0.05, 0) is 13.0 Å². The summed E-state index contributed by atoms with van der Waals surface area (Å²) in [4.78, 5) is 4.98. The summed E-state index contributed by atoms with van der Waals surface area (Å²) >= 11 is 0. The van der Waals surface area contributed by atoms with Gasteiger partial charge in [0.15, 0.2) is 11.5 Å². The molecule has 0 saturated carbocycles. The quantitative estimate of drug-likeness (QED) is 0.578. The Bertz CT molecular complexity index is 354. The van der Waals surface area contributed by atoms with E-state index >= 15 is 0 Å². The van der Waals surface area contributed by atoms with Crippen LogP contribution in [0.2, 0.25) is 0 Å². The number of ether oxygens (including phenoxy) is 2. The van der Waals surface area contributed by atoms with E-state index in [2.05, 4.69) is 5.48 Å². The Morgan fingerprint density at radius 3 is 2.87 bits per heavy atom. The number of aromatic hydroxyl groups is 1. The molecule has 1 aromatic carbocycles. The summed E-state index contributed by atoms with van der Waals surface area (Å²) in [6.07, 6.45) is 0. The van der Waals surface area contributed by atoms with Crippen LogP contribution >= 0.6 is 0 Å². The first-order chi connectivity index (χ1) is 7.31. The summed E-state index contributed by atoms with van der Waals surface area (Å²) in [6, 6.07) is 3.29. The Labute approximate surface area is 87.5 Å². The molecule has 2 rings (SSSR count). The van der Waals surface area contributed by atoms with Crippen molar-refractivity contribution in [2.24, 2.45) is 0 Å². The van der Waals surface area contributed by atoms with Crippen molar-refractivity contribution in [3.8, 4) is 17.2 Å². The lowest BCUT2D eigenvalue weighted by atomic mass is 10.2. The fourth-order valence-corrected chi connectivity index (χ4v) is 1.35. The molecule has 0 spiro atoms. The van der Waals surface area contributed by atoms with E-state index in [1.165, 1.54) is 0 Å². The molecule has 1 aromatic rings. The van der Waals surface area contributed by atoms with Crippen LogP contribution in [-0.2, 0) is 11.4 Å². The van der Waals surface area contributed by atoms with Crippen molar-refractivity contribution < 1.29 is 19.4 Å². The molecule has 0 aliphatic carbocycles. The molecule has 0 aromatic heterocycles. The van der Waals surface area contributed by atoms with Gasteiger partial charge in [0, 0.05) is 18.2 Å². The van der Waals surface area contributed by atoms with E-state index in [1.807, 2.05) is 6.92 Å². The van der Waals surface area contributed by atoms with Gasteiger partial charge in [0.1, 0.15) is 5.75 Å². The van der Waals surface area contributed by atoms with Gasteiger partial charge in [0.2, 0.25) is 6.79 Å². The van der Waals surface area contributed by atoms with Crippen LogP contribution in [0.1, 0.15) is 12.5 Å². The topological polar surface area (TPSA) is 60.0 Å². The Morgan fingerprint density at radius 2 is 2.13 bits per heavy atom. The first-order valence-electron chi connectivity index (χ1n) is 4.77. The second-order valence-corrected chi connectivity index (χ2v) is 3.09. The van der Waals surface area contributed by atoms with Crippen LogP contribution < -0.4 is 15.0 Å². The third-order valence-corrected chi connectivity index (χ3v) is 2.08. The molecule has 0 fully saturated rings. The minimum absolute atomic E-state index is 0.173. The van der Waals surface area contributed by atoms with E-state index in [1.54, 1.807) is 12.1 Å². The Morgan fingerprint density at radius 1 is 1.40 bits per heavy atom. The molecule has 15 heavy (non-hydrogen) atoms. The van der Waals surface area contributed by atoms with Crippen LogP contribution in [0.15, 0.2) is 12.1 Å². The van der Waals surface area contributed by atoms with Crippen LogP contribution in [0.25, 0.3) is 0 Å². The molecule has 1 aliphatic heterocycles. The van der Waals surface area contributed by atoms with Gasteiger partial charge in [0.05, 0.1) is 6.61 Å². The maximum atomic E-state index is 9.64. The van der Waals surface area contributed by atoms with Crippen LogP contribution in [0.3, 0.4) is 0 Å². The number of hydroxylamine groups is 1. The third-order valence-electron chi connectivity index (χ3n) is 2.08. The molecular weight excluding hydrogens is 198 g/mol. The molecule has 0 atom stereocenters. The van der Waals surface area contributed by atoms with Crippen LogP contribution in [0.4, 0.5) is 0 Å². The molecule has 5 heteroatoms. The second kappa shape index (κ2) is 4.37. The first kappa shape index (κ1) is 10.1. The maximum Gasteiger partial charge on any atom is 0.231 e. The van der Waals surface area contributed by atoms with E-state index in [4.69, 9.17) is 14.3 Å². The first-order valence-corrected chi connectivity index (χ1v) is 4.77. The molecule has 2 N–H and O–H groups in total. The number of benzene rings is 1. The largest absolute Gasteiger partial charge is 0.507 e. The van der Waals surface area contributed by atoms with Gasteiger partial charge < -0.3 is 19.4 Å². The van der Waals surface area contributed by atoms with E-state index in [0.717, 1.165) is 0 Å². The number of rotatable bonds is 4. The van der Waals surface area contributed by atoms with Crippen LogP contribution in [-0.4, -0.2) is 18.5 Å². The highest BCUT2D eigenvalue weighted by Crippen LogP contribution is 2.37. The molecule has 0 amide bonds. The Hall–Kier alpha value is -1.46. The van der Waals surface area contributed by atoms with Gasteiger partial charge in [-0.1, -0.05) is 0 Å². The van der Waals surface area contributed by atoms with Crippen molar-refractivity contribution in [2.45, 2.75) is 13.5 Å². The minimum atomic E-state index is 0.173. The summed E-state index contributed by atoms with van der Waals surface area (Å²) in [5.41, 5.74) is 3.44. The molecule has 0 radical (unpaired) electrons. The highest BCUT2D eigenvalue weighted by atomic mass is 16.7. The summed E-state index contributed by atoms with van der Waals surface area (Å²) in [5, 5.41) is 9.64. The van der Waals surface area contributed by atoms with E-state index in [0.29, 0.717) is 30.2 Å². The average molecular weight is 211 g/mol. The lowest BCUT2D eigenvalue weighted by Crippen LogP contribution is -2.13. The number of nitrogens with one attached hydrogen (secondary N) is 1. The molecule has 5 nitrogen and oxygen atoms in total. The number of fused-ring (bicyclic) bond motifs is 1. The molecule has 1 aliphatic rings. The molecule has 1 heterocycles. The Balaban J connectivity index is 2.10. The van der Waals surface area contributed by atoms with Crippen molar-refractivity contribution in [3.05, 3.63) is 17.7 Å². The maximum absolute atomic E-state index is 9.64. The van der Waals surface area contributed by atoms with Crippen LogP contribution in [0.5, 0.6) is 17.2 Å². The highest BCUT2D eigenvalue weighted by molar-refractivity contribution is 5.51. The van der Waals surface area contributed by atoms with Crippen molar-refractivity contribution in [2.75, 3.05) is 13.4 Å². The fraction of sp³-hybridized carbons (Fsp3) is 0.400. The van der Waals surface area contributed by atoms with Gasteiger partial charge >= 0.3 is 0 Å². The van der Waals surface area contributed by atoms with Crippen LogP contribution in [0, 0.1) is 0 Å². The number of phenolic OH excluding ortho intramolecular Hbond substituents is 1. The van der Waals surface area contributed by atoms with Crippen molar-refractivity contribution in [1.29, 1.82) is 0 Å². The summed E-state index contributed by atoms with van der Waals surface area (Å²) in [6.45, 7) is 3.09. The zero-order valence-corrected chi connectivity index (χ0v) is 8.45. The van der Waals surface area contributed by atoms with E-state index in [9.17, 15) is 5.11 Å². The molecule has 82 valence electrons. The van der Waals surface area contributed by atoms with E-state index in [-0.39, 0.29) is 12.5 Å². The summed E-state index contributed by atoms with van der Waals surface area (Å²) < 4.78 is 10.3. The van der Waals surface area contributed by atoms with Gasteiger partial charge in [-0.15, -0.1) is 0 Å². The van der Waals surface area contributed by atoms with Crippen molar-refractivity contribution >= 4 is 0 Å². The number of hydrogen-bond donors (Lipinski definition) is 2. The van der Waals surface area contributed by atoms with Crippen molar-refractivity contribution in [3.63, 3.8) is 0 Å². The monoisotopic (exact) mass is 211 g/mol. The smallest absolute Gasteiger partial charge is 0.231 e. The lowest BCUT2D eigenvalue weighted by molar-refractivity contribution is 0.0459. The van der Waals surface area contributed by atoms with Gasteiger partial charge in [-0.2, -0.15) is 5.48 Å². The lowest BCUT2D eigenvalue weighted by Gasteiger charge is -2.07. The fourth-order valence-electron chi connectivity index (χ4n) is 1.35. The summed E-state index contributed by atoms with van der Waals surface area (Å²) in [5.74, 6) is 1.40. The number of hydrogen-bond acceptors (Lipinski definition) is 5. The predicted octanol–water partition coefficient (Wildman–Crippen LogP) is 1.16. The molecule has 0 unspecified atom stereocenters. The number of phenols is 1. The third kappa shape index (κ3) is 2.14. The SMILES string of the molecule is CCONCc1cc2c(cc1O)OCO2. The normalized spacial score (nSPS) is 13.1. The average Bonchev–Trinajstić information content (AvgIpc) is 2.65. The van der Waals surface area contributed by atoms with Gasteiger partial charge in [-0.25, -0.2) is 0 Å². The zero-order valence-electron chi connectivity index (χ0n) is 8.45. The van der Waals surface area contributed by atoms with Crippen molar-refractivity contribution in [1.82, 2.24) is 5.48 Å². The van der Waals surface area contributed by atoms with E-state index < -0.39 is 0 Å². The standard InChI is InChI=1S/C10H13NO4/c1-2-15-11-5-7-3-9-10(4-8(7)12)14-6-13-9/h3-4,11-12H,2,5-6H2,1H3.